The number of amides is 1. The smallest absolute Gasteiger partial charge is 0.261 e. The fourth-order valence-corrected chi connectivity index (χ4v) is 4.53. The van der Waals surface area contributed by atoms with E-state index in [-0.39, 0.29) is 11.4 Å². The average molecular weight is 480 g/mol. The predicted molar refractivity (Wildman–Crippen MR) is 119 cm³/mol. The zero-order valence-electron chi connectivity index (χ0n) is 17.7. The summed E-state index contributed by atoms with van der Waals surface area (Å²) in [6.07, 6.45) is 1.62. The molecule has 1 aromatic carbocycles. The molecule has 3 N–H and O–H groups in total. The van der Waals surface area contributed by atoms with Crippen molar-refractivity contribution in [2.24, 2.45) is 0 Å². The van der Waals surface area contributed by atoms with E-state index in [0.29, 0.717) is 49.8 Å². The number of aromatic amines is 1. The number of benzene rings is 1. The standard InChI is InChI=1S/C20H22F2N6O4S/c1-2-9-33(30,31)27-14-4-3-13(21)16(17(14)22)19(29)24-12-10-15-18(23-11-12)26-20(25-15)28-5-7-32-8-6-28/h3-4,10-11,27H,2,5-9H2,1H3,(H,24,29)(H,23,25,26). The van der Waals surface area contributed by atoms with E-state index in [4.69, 9.17) is 4.74 Å². The largest absolute Gasteiger partial charge is 0.378 e. The van der Waals surface area contributed by atoms with Gasteiger partial charge in [-0.1, -0.05) is 6.92 Å². The van der Waals surface area contributed by atoms with Gasteiger partial charge in [-0.3, -0.25) is 9.52 Å². The van der Waals surface area contributed by atoms with Crippen LogP contribution in [0, 0.1) is 11.6 Å². The van der Waals surface area contributed by atoms with Crippen LogP contribution < -0.4 is 14.9 Å². The highest BCUT2D eigenvalue weighted by Gasteiger charge is 2.23. The second-order valence-corrected chi connectivity index (χ2v) is 9.26. The number of pyridine rings is 1. The number of rotatable bonds is 7. The summed E-state index contributed by atoms with van der Waals surface area (Å²) < 4.78 is 60.4. The Balaban J connectivity index is 1.56. The first-order valence-corrected chi connectivity index (χ1v) is 11.9. The van der Waals surface area contributed by atoms with Gasteiger partial charge >= 0.3 is 0 Å². The minimum absolute atomic E-state index is 0.181. The van der Waals surface area contributed by atoms with Crippen LogP contribution in [0.4, 0.5) is 26.1 Å². The molecule has 0 atom stereocenters. The van der Waals surface area contributed by atoms with Crippen LogP contribution in [0.25, 0.3) is 11.2 Å². The summed E-state index contributed by atoms with van der Waals surface area (Å²) in [6.45, 7) is 4.14. The average Bonchev–Trinajstić information content (AvgIpc) is 3.20. The molecular formula is C20H22F2N6O4S. The fraction of sp³-hybridized carbons (Fsp3) is 0.350. The van der Waals surface area contributed by atoms with Crippen molar-refractivity contribution < 1.29 is 26.7 Å². The number of imidazole rings is 1. The fourth-order valence-electron chi connectivity index (χ4n) is 3.40. The summed E-state index contributed by atoms with van der Waals surface area (Å²) in [5.74, 6) is -3.16. The van der Waals surface area contributed by atoms with E-state index in [2.05, 4.69) is 20.3 Å². The molecule has 3 heterocycles. The van der Waals surface area contributed by atoms with E-state index in [1.165, 1.54) is 6.20 Å². The minimum Gasteiger partial charge on any atom is -0.378 e. The number of carbonyl (C=O) groups is 1. The molecule has 4 rings (SSSR count). The third kappa shape index (κ3) is 5.03. The Morgan fingerprint density at radius 3 is 2.76 bits per heavy atom. The summed E-state index contributed by atoms with van der Waals surface area (Å²) >= 11 is 0. The van der Waals surface area contributed by atoms with Gasteiger partial charge in [0.2, 0.25) is 16.0 Å². The van der Waals surface area contributed by atoms with E-state index in [9.17, 15) is 22.0 Å². The van der Waals surface area contributed by atoms with Crippen LogP contribution in [0.2, 0.25) is 0 Å². The van der Waals surface area contributed by atoms with Gasteiger partial charge in [-0.05, 0) is 24.6 Å². The lowest BCUT2D eigenvalue weighted by atomic mass is 10.1. The number of fused-ring (bicyclic) bond motifs is 1. The molecule has 1 saturated heterocycles. The molecule has 10 nitrogen and oxygen atoms in total. The molecule has 0 bridgehead atoms. The molecule has 176 valence electrons. The Labute approximate surface area is 188 Å². The van der Waals surface area contributed by atoms with Gasteiger partial charge in [-0.15, -0.1) is 0 Å². The van der Waals surface area contributed by atoms with E-state index in [1.807, 2.05) is 9.62 Å². The minimum atomic E-state index is -3.83. The predicted octanol–water partition coefficient (Wildman–Crippen LogP) is 2.48. The van der Waals surface area contributed by atoms with Gasteiger partial charge in [-0.2, -0.15) is 4.98 Å². The maximum Gasteiger partial charge on any atom is 0.261 e. The van der Waals surface area contributed by atoms with Crippen molar-refractivity contribution in [3.05, 3.63) is 41.6 Å². The Morgan fingerprint density at radius 2 is 2.03 bits per heavy atom. The molecule has 3 aromatic rings. The number of nitrogens with one attached hydrogen (secondary N) is 3. The number of sulfonamides is 1. The third-order valence-corrected chi connectivity index (χ3v) is 6.43. The van der Waals surface area contributed by atoms with Crippen molar-refractivity contribution in [1.82, 2.24) is 15.0 Å². The number of H-pyrrole nitrogens is 1. The van der Waals surface area contributed by atoms with Crippen molar-refractivity contribution in [2.45, 2.75) is 13.3 Å². The molecular weight excluding hydrogens is 458 g/mol. The number of nitrogens with zero attached hydrogens (tertiary/aromatic N) is 3. The number of carbonyl (C=O) groups excluding carboxylic acids is 1. The van der Waals surface area contributed by atoms with Gasteiger partial charge in [-0.25, -0.2) is 22.2 Å². The number of morpholine rings is 1. The normalized spacial score (nSPS) is 14.5. The molecule has 0 spiro atoms. The molecule has 1 aliphatic heterocycles. The quantitative estimate of drug-likeness (QED) is 0.474. The van der Waals surface area contributed by atoms with Crippen molar-refractivity contribution in [3.8, 4) is 0 Å². The second kappa shape index (κ2) is 9.27. The first kappa shape index (κ1) is 22.9. The number of hydrogen-bond acceptors (Lipinski definition) is 7. The molecule has 1 fully saturated rings. The van der Waals surface area contributed by atoms with Gasteiger partial charge in [0.05, 0.1) is 42.1 Å². The second-order valence-electron chi connectivity index (χ2n) is 7.41. The SMILES string of the molecule is CCCS(=O)(=O)Nc1ccc(F)c(C(=O)Nc2cnc3nc(N4CCOCC4)[nH]c3c2)c1F. The molecule has 0 unspecified atom stereocenters. The van der Waals surface area contributed by atoms with Crippen molar-refractivity contribution in [3.63, 3.8) is 0 Å². The highest BCUT2D eigenvalue weighted by Crippen LogP contribution is 2.25. The van der Waals surface area contributed by atoms with Crippen molar-refractivity contribution in [1.29, 1.82) is 0 Å². The van der Waals surface area contributed by atoms with Gasteiger partial charge in [0.1, 0.15) is 11.4 Å². The molecule has 1 aliphatic rings. The molecule has 2 aromatic heterocycles. The third-order valence-electron chi connectivity index (χ3n) is 4.95. The van der Waals surface area contributed by atoms with E-state index in [0.717, 1.165) is 12.1 Å². The Kier molecular flexibility index (Phi) is 6.42. The van der Waals surface area contributed by atoms with E-state index in [1.54, 1.807) is 13.0 Å². The number of hydrogen-bond donors (Lipinski definition) is 3. The zero-order chi connectivity index (χ0) is 23.6. The topological polar surface area (TPSA) is 129 Å². The molecule has 0 radical (unpaired) electrons. The first-order chi connectivity index (χ1) is 15.8. The van der Waals surface area contributed by atoms with Crippen LogP contribution in [-0.4, -0.2) is 61.3 Å². The van der Waals surface area contributed by atoms with E-state index < -0.39 is 38.8 Å². The highest BCUT2D eigenvalue weighted by molar-refractivity contribution is 7.92. The monoisotopic (exact) mass is 480 g/mol. The Bertz CT molecular complexity index is 1290. The maximum atomic E-state index is 14.8. The lowest BCUT2D eigenvalue weighted by molar-refractivity contribution is 0.101. The lowest BCUT2D eigenvalue weighted by Crippen LogP contribution is -2.36. The van der Waals surface area contributed by atoms with Crippen LogP contribution in [0.1, 0.15) is 23.7 Å². The van der Waals surface area contributed by atoms with Crippen LogP contribution >= 0.6 is 0 Å². The zero-order valence-corrected chi connectivity index (χ0v) is 18.5. The highest BCUT2D eigenvalue weighted by atomic mass is 32.2. The first-order valence-electron chi connectivity index (χ1n) is 10.3. The van der Waals surface area contributed by atoms with Gasteiger partial charge in [0, 0.05) is 13.1 Å². The van der Waals surface area contributed by atoms with Crippen LogP contribution in [0.5, 0.6) is 0 Å². The van der Waals surface area contributed by atoms with Gasteiger partial charge in [0.25, 0.3) is 5.91 Å². The number of aromatic nitrogens is 3. The van der Waals surface area contributed by atoms with Crippen molar-refractivity contribution in [2.75, 3.05) is 47.0 Å². The van der Waals surface area contributed by atoms with Crippen LogP contribution in [0.15, 0.2) is 24.4 Å². The number of halogens is 2. The van der Waals surface area contributed by atoms with Crippen LogP contribution in [0.3, 0.4) is 0 Å². The summed E-state index contributed by atoms with van der Waals surface area (Å²) in [6, 6.07) is 3.30. The lowest BCUT2D eigenvalue weighted by Gasteiger charge is -2.25. The summed E-state index contributed by atoms with van der Waals surface area (Å²) in [4.78, 5) is 26.3. The molecule has 1 amide bonds. The Morgan fingerprint density at radius 1 is 1.27 bits per heavy atom. The molecule has 33 heavy (non-hydrogen) atoms. The number of anilines is 3. The van der Waals surface area contributed by atoms with Gasteiger partial charge < -0.3 is 19.9 Å². The molecule has 13 heteroatoms. The summed E-state index contributed by atoms with van der Waals surface area (Å²) in [5.41, 5.74) is -0.298. The van der Waals surface area contributed by atoms with Crippen LogP contribution in [-0.2, 0) is 14.8 Å². The molecule has 0 aliphatic carbocycles. The maximum absolute atomic E-state index is 14.8. The van der Waals surface area contributed by atoms with Gasteiger partial charge in [0.15, 0.2) is 11.5 Å². The van der Waals surface area contributed by atoms with Crippen molar-refractivity contribution >= 4 is 44.4 Å². The molecule has 0 saturated carbocycles. The summed E-state index contributed by atoms with van der Waals surface area (Å²) in [5, 5.41) is 2.40. The number of ether oxygens (including phenoxy) is 1. The Hall–Kier alpha value is -3.32. The summed E-state index contributed by atoms with van der Waals surface area (Å²) in [7, 11) is -3.83. The van der Waals surface area contributed by atoms with E-state index >= 15 is 0 Å².